The first-order valence-corrected chi connectivity index (χ1v) is 12.9. The van der Waals surface area contributed by atoms with Gasteiger partial charge in [0.05, 0.1) is 30.3 Å². The molecule has 1 atom stereocenters. The molecule has 8 rings (SSSR count). The fraction of sp³-hybridized carbons (Fsp3) is 0.385. The Balaban J connectivity index is 1.00. The molecule has 5 aromatic heterocycles. The topological polar surface area (TPSA) is 107 Å². The van der Waals surface area contributed by atoms with E-state index in [9.17, 15) is 0 Å². The zero-order valence-electron chi connectivity index (χ0n) is 20.6. The van der Waals surface area contributed by atoms with E-state index >= 15 is 0 Å². The lowest BCUT2D eigenvalue weighted by Gasteiger charge is -2.45. The second-order valence-electron chi connectivity index (χ2n) is 10.1. The molecule has 0 saturated carbocycles. The maximum Gasteiger partial charge on any atom is 0.137 e. The molecule has 188 valence electrons. The molecular weight excluding hydrogens is 466 g/mol. The maximum absolute atomic E-state index is 4.78. The van der Waals surface area contributed by atoms with E-state index < -0.39 is 0 Å². The Labute approximate surface area is 214 Å². The highest BCUT2D eigenvalue weighted by molar-refractivity contribution is 5.59. The summed E-state index contributed by atoms with van der Waals surface area (Å²) in [6.45, 7) is 5.03. The van der Waals surface area contributed by atoms with Crippen molar-refractivity contribution in [2.45, 2.75) is 38.4 Å². The molecule has 11 heteroatoms. The van der Waals surface area contributed by atoms with Gasteiger partial charge in [-0.1, -0.05) is 11.3 Å². The van der Waals surface area contributed by atoms with Crippen molar-refractivity contribution in [3.05, 3.63) is 73.1 Å². The van der Waals surface area contributed by atoms with Crippen molar-refractivity contribution >= 4 is 5.65 Å². The summed E-state index contributed by atoms with van der Waals surface area (Å²) in [4.78, 5) is 11.8. The average Bonchev–Trinajstić information content (AvgIpc) is 3.71. The van der Waals surface area contributed by atoms with Crippen LogP contribution < -0.4 is 5.32 Å². The number of imidazole rings is 1. The summed E-state index contributed by atoms with van der Waals surface area (Å²) in [6.07, 6.45) is 17.1. The van der Waals surface area contributed by atoms with E-state index in [0.29, 0.717) is 12.6 Å². The molecular formula is C26H29N11. The van der Waals surface area contributed by atoms with Gasteiger partial charge in [-0.25, -0.2) is 9.67 Å². The van der Waals surface area contributed by atoms with Crippen LogP contribution in [0.5, 0.6) is 0 Å². The third-order valence-electron chi connectivity index (χ3n) is 7.64. The van der Waals surface area contributed by atoms with Gasteiger partial charge in [-0.15, -0.1) is 15.3 Å². The van der Waals surface area contributed by atoms with Gasteiger partial charge in [0.2, 0.25) is 0 Å². The molecule has 2 bridgehead atoms. The molecule has 5 aromatic rings. The number of piperidine rings is 3. The Morgan fingerprint density at radius 3 is 2.73 bits per heavy atom. The van der Waals surface area contributed by atoms with Crippen molar-refractivity contribution in [2.75, 3.05) is 19.6 Å². The highest BCUT2D eigenvalue weighted by Crippen LogP contribution is 2.31. The zero-order valence-corrected chi connectivity index (χ0v) is 20.6. The number of aromatic nitrogens is 9. The third kappa shape index (κ3) is 4.63. The summed E-state index contributed by atoms with van der Waals surface area (Å²) in [5, 5.41) is 20.1. The van der Waals surface area contributed by atoms with Crippen molar-refractivity contribution < 1.29 is 0 Å². The summed E-state index contributed by atoms with van der Waals surface area (Å²) >= 11 is 0. The second-order valence-corrected chi connectivity index (χ2v) is 10.1. The summed E-state index contributed by atoms with van der Waals surface area (Å²) in [6, 6.07) is 6.93. The van der Waals surface area contributed by atoms with E-state index in [1.54, 1.807) is 34.3 Å². The predicted molar refractivity (Wildman–Crippen MR) is 137 cm³/mol. The zero-order chi connectivity index (χ0) is 24.6. The van der Waals surface area contributed by atoms with Crippen LogP contribution >= 0.6 is 0 Å². The SMILES string of the molecule is c1cc2nc(Cn3cc(-c4cncc(-n5cnnc5)c4)nn3)cn2cc1CNCC1CC2CCN1CC2. The minimum Gasteiger partial charge on any atom is -0.311 e. The van der Waals surface area contributed by atoms with Gasteiger partial charge in [0.25, 0.3) is 0 Å². The molecule has 0 amide bonds. The summed E-state index contributed by atoms with van der Waals surface area (Å²) < 4.78 is 5.71. The Morgan fingerprint density at radius 1 is 1.00 bits per heavy atom. The molecule has 3 fully saturated rings. The van der Waals surface area contributed by atoms with Crippen LogP contribution in [0.4, 0.5) is 0 Å². The number of nitrogens with zero attached hydrogens (tertiary/aromatic N) is 10. The van der Waals surface area contributed by atoms with E-state index in [-0.39, 0.29) is 0 Å². The van der Waals surface area contributed by atoms with Crippen LogP contribution in [0.1, 0.15) is 30.5 Å². The van der Waals surface area contributed by atoms with Crippen molar-refractivity contribution in [3.63, 3.8) is 0 Å². The normalized spacial score (nSPS) is 21.1. The Morgan fingerprint density at radius 2 is 1.89 bits per heavy atom. The molecule has 0 spiro atoms. The van der Waals surface area contributed by atoms with Gasteiger partial charge in [-0.3, -0.25) is 14.5 Å². The lowest BCUT2D eigenvalue weighted by atomic mass is 9.83. The van der Waals surface area contributed by atoms with Crippen LogP contribution in [-0.2, 0) is 13.1 Å². The number of hydrogen-bond acceptors (Lipinski definition) is 8. The van der Waals surface area contributed by atoms with Crippen LogP contribution in [0, 0.1) is 5.92 Å². The largest absolute Gasteiger partial charge is 0.311 e. The summed E-state index contributed by atoms with van der Waals surface area (Å²) in [5.41, 5.74) is 5.62. The van der Waals surface area contributed by atoms with E-state index in [1.807, 2.05) is 12.3 Å². The summed E-state index contributed by atoms with van der Waals surface area (Å²) in [5.74, 6) is 0.945. The molecule has 11 nitrogen and oxygen atoms in total. The number of fused-ring (bicyclic) bond motifs is 4. The first-order chi connectivity index (χ1) is 18.3. The van der Waals surface area contributed by atoms with Gasteiger partial charge in [0.15, 0.2) is 0 Å². The van der Waals surface area contributed by atoms with Crippen LogP contribution in [-0.4, -0.2) is 74.7 Å². The minimum atomic E-state index is 0.541. The van der Waals surface area contributed by atoms with Gasteiger partial charge in [0.1, 0.15) is 24.0 Å². The first kappa shape index (κ1) is 22.3. The van der Waals surface area contributed by atoms with E-state index in [1.165, 1.54) is 37.9 Å². The van der Waals surface area contributed by atoms with Crippen LogP contribution in [0.2, 0.25) is 0 Å². The average molecular weight is 496 g/mol. The minimum absolute atomic E-state index is 0.541. The fourth-order valence-corrected chi connectivity index (χ4v) is 5.67. The highest BCUT2D eigenvalue weighted by atomic mass is 15.4. The predicted octanol–water partition coefficient (Wildman–Crippen LogP) is 2.19. The molecule has 1 N–H and O–H groups in total. The maximum atomic E-state index is 4.78. The number of rotatable bonds is 8. The van der Waals surface area contributed by atoms with Gasteiger partial charge in [-0.2, -0.15) is 0 Å². The van der Waals surface area contributed by atoms with Crippen molar-refractivity contribution in [1.82, 2.24) is 54.3 Å². The Kier molecular flexibility index (Phi) is 5.71. The number of hydrogen-bond donors (Lipinski definition) is 1. The third-order valence-corrected chi connectivity index (χ3v) is 7.64. The van der Waals surface area contributed by atoms with E-state index in [0.717, 1.165) is 47.3 Å². The van der Waals surface area contributed by atoms with Crippen molar-refractivity contribution in [1.29, 1.82) is 0 Å². The second kappa shape index (κ2) is 9.49. The molecule has 3 aliphatic heterocycles. The van der Waals surface area contributed by atoms with E-state index in [4.69, 9.17) is 4.98 Å². The van der Waals surface area contributed by atoms with Crippen LogP contribution in [0.15, 0.2) is 61.8 Å². The monoisotopic (exact) mass is 495 g/mol. The van der Waals surface area contributed by atoms with Gasteiger partial charge in [0, 0.05) is 43.3 Å². The fourth-order valence-electron chi connectivity index (χ4n) is 5.67. The lowest BCUT2D eigenvalue weighted by Crippen LogP contribution is -2.52. The van der Waals surface area contributed by atoms with Crippen molar-refractivity contribution in [2.24, 2.45) is 5.92 Å². The van der Waals surface area contributed by atoms with Crippen LogP contribution in [0.25, 0.3) is 22.6 Å². The highest BCUT2D eigenvalue weighted by Gasteiger charge is 2.32. The van der Waals surface area contributed by atoms with Gasteiger partial charge < -0.3 is 9.72 Å². The summed E-state index contributed by atoms with van der Waals surface area (Å²) in [7, 11) is 0. The van der Waals surface area contributed by atoms with Crippen LogP contribution in [0.3, 0.4) is 0 Å². The number of nitrogens with one attached hydrogen (secondary N) is 1. The van der Waals surface area contributed by atoms with Crippen molar-refractivity contribution in [3.8, 4) is 16.9 Å². The molecule has 0 aromatic carbocycles. The molecule has 3 aliphatic rings. The molecule has 0 radical (unpaired) electrons. The smallest absolute Gasteiger partial charge is 0.137 e. The Bertz CT molecular complexity index is 1490. The van der Waals surface area contributed by atoms with Gasteiger partial charge in [-0.05, 0) is 56.0 Å². The molecule has 3 saturated heterocycles. The Hall–Kier alpha value is -3.96. The van der Waals surface area contributed by atoms with Gasteiger partial charge >= 0.3 is 0 Å². The molecule has 37 heavy (non-hydrogen) atoms. The lowest BCUT2D eigenvalue weighted by molar-refractivity contribution is 0.0495. The van der Waals surface area contributed by atoms with E-state index in [2.05, 4.69) is 64.6 Å². The molecule has 8 heterocycles. The number of pyridine rings is 2. The first-order valence-electron chi connectivity index (χ1n) is 12.9. The quantitative estimate of drug-likeness (QED) is 0.349. The standard InChI is InChI=1S/C26H29N11/c1-2-26-31-22(14-35(26)13-20(1)9-27-11-23-7-19-3-5-34(23)6-4-19)15-37-16-25(32-33-37)21-8-24(12-28-10-21)36-17-29-30-18-36/h1-2,8,10,12-14,16-19,23,27H,3-7,9,11,15H2. The molecule has 1 unspecified atom stereocenters. The molecule has 0 aliphatic carbocycles.